The van der Waals surface area contributed by atoms with E-state index in [1.807, 2.05) is 0 Å². The molecule has 0 radical (unpaired) electrons. The normalized spacial score (nSPS) is 65.2. The highest BCUT2D eigenvalue weighted by Gasteiger charge is 2.66. The molecule has 1 nitrogen and oxygen atoms in total. The third kappa shape index (κ3) is 0.439. The monoisotopic (exact) mass is 162 g/mol. The first-order chi connectivity index (χ1) is 5.86. The Morgan fingerprint density at radius 1 is 0.917 bits per heavy atom. The number of rotatable bonds is 0. The maximum absolute atomic E-state index is 11.7. The number of hydrogen-bond donors (Lipinski definition) is 0. The molecule has 0 unspecified atom stereocenters. The molecule has 4 aliphatic rings. The fourth-order valence-corrected chi connectivity index (χ4v) is 5.14. The molecular weight excluding hydrogens is 148 g/mol. The van der Waals surface area contributed by atoms with Gasteiger partial charge in [0.05, 0.1) is 0 Å². The van der Waals surface area contributed by atoms with Crippen molar-refractivity contribution in [2.75, 3.05) is 0 Å². The lowest BCUT2D eigenvalue weighted by molar-refractivity contribution is -0.122. The number of carbonyl (C=O) groups excluding carboxylic acids is 1. The molecule has 4 saturated carbocycles. The lowest BCUT2D eigenvalue weighted by atomic mass is 9.80. The maximum atomic E-state index is 11.7. The SMILES string of the molecule is O=C1C[C@H]2[C@@H]3CC[C@@H]4[C@H]3C[C@H]2[C@@H]14. The Morgan fingerprint density at radius 2 is 1.75 bits per heavy atom. The van der Waals surface area contributed by atoms with Crippen LogP contribution in [0.2, 0.25) is 0 Å². The van der Waals surface area contributed by atoms with Gasteiger partial charge in [0.25, 0.3) is 0 Å². The lowest BCUT2D eigenvalue weighted by Crippen LogP contribution is -2.23. The van der Waals surface area contributed by atoms with Crippen LogP contribution in [0, 0.1) is 35.5 Å². The highest BCUT2D eigenvalue weighted by molar-refractivity contribution is 5.85. The van der Waals surface area contributed by atoms with Gasteiger partial charge < -0.3 is 0 Å². The highest BCUT2D eigenvalue weighted by Crippen LogP contribution is 2.69. The van der Waals surface area contributed by atoms with Crippen LogP contribution >= 0.6 is 0 Å². The largest absolute Gasteiger partial charge is 0.299 e. The summed E-state index contributed by atoms with van der Waals surface area (Å²) in [6, 6.07) is 0. The van der Waals surface area contributed by atoms with Crippen LogP contribution in [-0.2, 0) is 4.79 Å². The molecule has 0 spiro atoms. The second-order valence-corrected chi connectivity index (χ2v) is 5.33. The summed E-state index contributed by atoms with van der Waals surface area (Å²) in [5.74, 6) is 5.75. The minimum atomic E-state index is 0.554. The Kier molecular flexibility index (Phi) is 0.843. The number of hydrogen-bond acceptors (Lipinski definition) is 1. The standard InChI is InChI=1S/C11H14O/c12-10-4-8-5-1-2-6-7(5)3-9(8)11(6)10/h5-9,11H,1-4H2/t5-,6-,7+,8+,9-,11+/m1/s1. The predicted molar refractivity (Wildman–Crippen MR) is 44.4 cm³/mol. The molecule has 0 aromatic carbocycles. The molecular formula is C11H14O. The average Bonchev–Trinajstić information content (AvgIpc) is 2.58. The minimum absolute atomic E-state index is 0.554. The predicted octanol–water partition coefficient (Wildman–Crippen LogP) is 1.87. The topological polar surface area (TPSA) is 17.1 Å². The Balaban J connectivity index is 1.93. The van der Waals surface area contributed by atoms with Crippen molar-refractivity contribution in [1.82, 2.24) is 0 Å². The van der Waals surface area contributed by atoms with Gasteiger partial charge in [0, 0.05) is 12.3 Å². The van der Waals surface area contributed by atoms with Gasteiger partial charge in [0.2, 0.25) is 0 Å². The third-order valence-corrected chi connectivity index (χ3v) is 5.31. The van der Waals surface area contributed by atoms with E-state index in [1.165, 1.54) is 19.3 Å². The Hall–Kier alpha value is -0.330. The van der Waals surface area contributed by atoms with Crippen LogP contribution in [0.5, 0.6) is 0 Å². The summed E-state index contributed by atoms with van der Waals surface area (Å²) < 4.78 is 0. The van der Waals surface area contributed by atoms with Gasteiger partial charge in [-0.1, -0.05) is 0 Å². The Bertz CT molecular complexity index is 266. The molecule has 0 aliphatic heterocycles. The molecule has 2 bridgehead atoms. The van der Waals surface area contributed by atoms with Crippen LogP contribution in [-0.4, -0.2) is 5.78 Å². The van der Waals surface area contributed by atoms with Crippen LogP contribution in [0.4, 0.5) is 0 Å². The van der Waals surface area contributed by atoms with Crippen molar-refractivity contribution >= 4 is 5.78 Å². The van der Waals surface area contributed by atoms with Gasteiger partial charge in [-0.25, -0.2) is 0 Å². The van der Waals surface area contributed by atoms with E-state index in [9.17, 15) is 4.79 Å². The summed E-state index contributed by atoms with van der Waals surface area (Å²) in [5, 5.41) is 0. The molecule has 6 atom stereocenters. The van der Waals surface area contributed by atoms with Gasteiger partial charge in [-0.2, -0.15) is 0 Å². The third-order valence-electron chi connectivity index (χ3n) is 5.31. The van der Waals surface area contributed by atoms with E-state index < -0.39 is 0 Å². The molecule has 0 heterocycles. The summed E-state index contributed by atoms with van der Waals surface area (Å²) >= 11 is 0. The van der Waals surface area contributed by atoms with E-state index in [4.69, 9.17) is 0 Å². The van der Waals surface area contributed by atoms with Crippen molar-refractivity contribution in [2.24, 2.45) is 35.5 Å². The summed E-state index contributed by atoms with van der Waals surface area (Å²) in [6.07, 6.45) is 5.24. The molecule has 4 rings (SSSR count). The second kappa shape index (κ2) is 1.64. The second-order valence-electron chi connectivity index (χ2n) is 5.33. The number of Topliss-reactive ketones (excluding diaryl/α,β-unsaturated/α-hetero) is 1. The van der Waals surface area contributed by atoms with Gasteiger partial charge in [0.15, 0.2) is 0 Å². The zero-order valence-electron chi connectivity index (χ0n) is 7.20. The fraction of sp³-hybridized carbons (Fsp3) is 0.909. The van der Waals surface area contributed by atoms with Gasteiger partial charge in [-0.05, 0) is 48.9 Å². The molecule has 4 aliphatic carbocycles. The number of ketones is 1. The van der Waals surface area contributed by atoms with E-state index in [0.717, 1.165) is 36.0 Å². The molecule has 0 aromatic heterocycles. The molecule has 0 aromatic rings. The quantitative estimate of drug-likeness (QED) is 0.531. The van der Waals surface area contributed by atoms with Crippen LogP contribution in [0.1, 0.15) is 25.7 Å². The zero-order valence-corrected chi connectivity index (χ0v) is 7.20. The zero-order chi connectivity index (χ0) is 7.87. The maximum Gasteiger partial charge on any atom is 0.136 e. The van der Waals surface area contributed by atoms with Gasteiger partial charge in [-0.15, -0.1) is 0 Å². The van der Waals surface area contributed by atoms with E-state index in [0.29, 0.717) is 11.7 Å². The first-order valence-corrected chi connectivity index (χ1v) is 5.39. The number of fused-ring (bicyclic) bond motifs is 2. The molecule has 0 N–H and O–H groups in total. The van der Waals surface area contributed by atoms with Gasteiger partial charge in [0.1, 0.15) is 5.78 Å². The minimum Gasteiger partial charge on any atom is -0.299 e. The van der Waals surface area contributed by atoms with Gasteiger partial charge >= 0.3 is 0 Å². The van der Waals surface area contributed by atoms with Crippen molar-refractivity contribution < 1.29 is 4.79 Å². The highest BCUT2D eigenvalue weighted by atomic mass is 16.1. The summed E-state index contributed by atoms with van der Waals surface area (Å²) in [6.45, 7) is 0. The van der Waals surface area contributed by atoms with E-state index in [1.54, 1.807) is 0 Å². The van der Waals surface area contributed by atoms with Gasteiger partial charge in [-0.3, -0.25) is 4.79 Å². The summed E-state index contributed by atoms with van der Waals surface area (Å²) in [4.78, 5) is 11.7. The van der Waals surface area contributed by atoms with Crippen molar-refractivity contribution in [3.8, 4) is 0 Å². The molecule has 0 saturated heterocycles. The van der Waals surface area contributed by atoms with Crippen molar-refractivity contribution in [2.45, 2.75) is 25.7 Å². The summed E-state index contributed by atoms with van der Waals surface area (Å²) in [7, 11) is 0. The van der Waals surface area contributed by atoms with Crippen LogP contribution in [0.3, 0.4) is 0 Å². The van der Waals surface area contributed by atoms with Crippen molar-refractivity contribution in [1.29, 1.82) is 0 Å². The van der Waals surface area contributed by atoms with Crippen LogP contribution < -0.4 is 0 Å². The van der Waals surface area contributed by atoms with Crippen LogP contribution in [0.25, 0.3) is 0 Å². The molecule has 64 valence electrons. The Morgan fingerprint density at radius 3 is 2.67 bits per heavy atom. The molecule has 0 amide bonds. The van der Waals surface area contributed by atoms with Crippen molar-refractivity contribution in [3.05, 3.63) is 0 Å². The van der Waals surface area contributed by atoms with Crippen molar-refractivity contribution in [3.63, 3.8) is 0 Å². The molecule has 4 fully saturated rings. The van der Waals surface area contributed by atoms with E-state index >= 15 is 0 Å². The first-order valence-electron chi connectivity index (χ1n) is 5.39. The summed E-state index contributed by atoms with van der Waals surface area (Å²) in [5.41, 5.74) is 0. The average molecular weight is 162 g/mol. The van der Waals surface area contributed by atoms with E-state index in [2.05, 4.69) is 0 Å². The molecule has 12 heavy (non-hydrogen) atoms. The first kappa shape index (κ1) is 6.17. The lowest BCUT2D eigenvalue weighted by Gasteiger charge is -2.24. The fourth-order valence-electron chi connectivity index (χ4n) is 5.14. The number of carbonyl (C=O) groups is 1. The smallest absolute Gasteiger partial charge is 0.136 e. The van der Waals surface area contributed by atoms with E-state index in [-0.39, 0.29) is 0 Å². The Labute approximate surface area is 72.5 Å². The van der Waals surface area contributed by atoms with Crippen LogP contribution in [0.15, 0.2) is 0 Å². The molecule has 1 heteroatoms.